The highest BCUT2D eigenvalue weighted by Crippen LogP contribution is 2.36. The lowest BCUT2D eigenvalue weighted by molar-refractivity contribution is -0.342. The zero-order chi connectivity index (χ0) is 19.0. The lowest BCUT2D eigenvalue weighted by atomic mass is 9.75. The fourth-order valence-electron chi connectivity index (χ4n) is 1.44. The summed E-state index contributed by atoms with van der Waals surface area (Å²) in [5, 5.41) is 8.41. The van der Waals surface area contributed by atoms with E-state index in [9.17, 15) is 9.59 Å². The van der Waals surface area contributed by atoms with Crippen molar-refractivity contribution in [2.75, 3.05) is 0 Å². The fraction of sp³-hybridized carbons (Fsp3) is 0.750. The summed E-state index contributed by atoms with van der Waals surface area (Å²) < 4.78 is 14.2. The Kier molecular flexibility index (Phi) is 8.77. The third kappa shape index (κ3) is 8.16. The number of carbonyl (C=O) groups excluding carboxylic acids is 1. The molecular formula is C16H28O8. The predicted octanol–water partition coefficient (Wildman–Crippen LogP) is 3.61. The Bertz CT molecular complexity index is 441. The van der Waals surface area contributed by atoms with Crippen LogP contribution in [0.15, 0.2) is 12.3 Å². The highest BCUT2D eigenvalue weighted by Gasteiger charge is 2.38. The van der Waals surface area contributed by atoms with E-state index in [2.05, 4.69) is 11.7 Å². The van der Waals surface area contributed by atoms with E-state index in [0.717, 1.165) is 18.8 Å². The van der Waals surface area contributed by atoms with Crippen LogP contribution in [0.2, 0.25) is 0 Å². The second-order valence-corrected chi connectivity index (χ2v) is 6.32. The average molecular weight is 348 g/mol. The summed E-state index contributed by atoms with van der Waals surface area (Å²) >= 11 is 0. The van der Waals surface area contributed by atoms with E-state index in [1.807, 2.05) is 27.7 Å². The molecule has 8 heteroatoms. The van der Waals surface area contributed by atoms with Crippen LogP contribution in [0.5, 0.6) is 0 Å². The summed E-state index contributed by atoms with van der Waals surface area (Å²) in [7, 11) is 0. The Morgan fingerprint density at radius 1 is 1.08 bits per heavy atom. The smallest absolute Gasteiger partial charge is 0.450 e. The van der Waals surface area contributed by atoms with E-state index in [4.69, 9.17) is 24.4 Å². The highest BCUT2D eigenvalue weighted by molar-refractivity contribution is 5.81. The Hall–Kier alpha value is -1.80. The zero-order valence-corrected chi connectivity index (χ0v) is 15.3. The van der Waals surface area contributed by atoms with Crippen molar-refractivity contribution in [2.45, 2.75) is 73.1 Å². The summed E-state index contributed by atoms with van der Waals surface area (Å²) in [4.78, 5) is 32.1. The minimum Gasteiger partial charge on any atom is -0.450 e. The monoisotopic (exact) mass is 348 g/mol. The minimum atomic E-state index is -1.48. The zero-order valence-electron chi connectivity index (χ0n) is 15.3. The van der Waals surface area contributed by atoms with Gasteiger partial charge in [-0.25, -0.2) is 9.59 Å². The van der Waals surface area contributed by atoms with E-state index in [0.29, 0.717) is 0 Å². The van der Waals surface area contributed by atoms with Crippen LogP contribution < -0.4 is 0 Å². The van der Waals surface area contributed by atoms with E-state index in [1.54, 1.807) is 0 Å². The molecule has 0 aliphatic rings. The van der Waals surface area contributed by atoms with Crippen LogP contribution in [0.3, 0.4) is 0 Å². The van der Waals surface area contributed by atoms with Crippen molar-refractivity contribution in [1.82, 2.24) is 0 Å². The highest BCUT2D eigenvalue weighted by atomic mass is 17.2. The molecule has 0 aliphatic heterocycles. The number of rotatable bonds is 10. The number of hydrogen-bond acceptors (Lipinski definition) is 7. The third-order valence-electron chi connectivity index (χ3n) is 3.96. The quantitative estimate of drug-likeness (QED) is 0.160. The number of hydrogen-bond donors (Lipinski definition) is 1. The molecular weight excluding hydrogens is 320 g/mol. The molecule has 0 fully saturated rings. The summed E-state index contributed by atoms with van der Waals surface area (Å²) in [5.74, 6) is -0.735. The lowest BCUT2D eigenvalue weighted by Crippen LogP contribution is -2.40. The normalized spacial score (nSPS) is 15.0. The summed E-state index contributed by atoms with van der Waals surface area (Å²) in [6.45, 7) is 12.7. The first-order valence-corrected chi connectivity index (χ1v) is 7.68. The molecule has 140 valence electrons. The van der Waals surface area contributed by atoms with Crippen LogP contribution in [0.1, 0.15) is 54.9 Å². The van der Waals surface area contributed by atoms with Gasteiger partial charge < -0.3 is 24.2 Å². The predicted molar refractivity (Wildman–Crippen MR) is 84.7 cm³/mol. The number of carbonyl (C=O) groups is 2. The van der Waals surface area contributed by atoms with Crippen LogP contribution in [0, 0.1) is 5.41 Å². The van der Waals surface area contributed by atoms with Crippen LogP contribution in [0.25, 0.3) is 0 Å². The molecule has 0 aliphatic carbocycles. The molecule has 8 nitrogen and oxygen atoms in total. The molecule has 0 aromatic carbocycles. The topological polar surface area (TPSA) is 101 Å². The van der Waals surface area contributed by atoms with Gasteiger partial charge in [-0.15, -0.1) is 0 Å². The molecule has 0 amide bonds. The van der Waals surface area contributed by atoms with Gasteiger partial charge in [-0.05, 0) is 39.5 Å². The van der Waals surface area contributed by atoms with Gasteiger partial charge in [-0.1, -0.05) is 20.8 Å². The van der Waals surface area contributed by atoms with Crippen molar-refractivity contribution >= 4 is 12.1 Å². The maximum atomic E-state index is 11.6. The van der Waals surface area contributed by atoms with Gasteiger partial charge in [0.05, 0.1) is 6.08 Å². The van der Waals surface area contributed by atoms with Crippen molar-refractivity contribution in [3.63, 3.8) is 0 Å². The first kappa shape index (κ1) is 22.2. The molecule has 24 heavy (non-hydrogen) atoms. The number of esters is 1. The Labute approximate surface area is 142 Å². The van der Waals surface area contributed by atoms with Gasteiger partial charge >= 0.3 is 12.1 Å². The van der Waals surface area contributed by atoms with E-state index < -0.39 is 30.3 Å². The molecule has 0 aromatic heterocycles. The Balaban J connectivity index is 4.24. The summed E-state index contributed by atoms with van der Waals surface area (Å²) in [6.07, 6.45) is -0.555. The van der Waals surface area contributed by atoms with Crippen LogP contribution in [0.4, 0.5) is 4.79 Å². The molecule has 0 aromatic rings. The van der Waals surface area contributed by atoms with Gasteiger partial charge in [0.1, 0.15) is 11.9 Å². The van der Waals surface area contributed by atoms with Gasteiger partial charge in [0.25, 0.3) is 0 Å². The van der Waals surface area contributed by atoms with Crippen LogP contribution in [-0.4, -0.2) is 35.4 Å². The van der Waals surface area contributed by atoms with Gasteiger partial charge in [0.2, 0.25) is 12.6 Å². The average Bonchev–Trinajstić information content (AvgIpc) is 2.42. The van der Waals surface area contributed by atoms with Crippen molar-refractivity contribution in [3.8, 4) is 0 Å². The molecule has 0 bridgehead atoms. The van der Waals surface area contributed by atoms with Gasteiger partial charge in [-0.3, -0.25) is 0 Å². The SMILES string of the molecule is CCC(C)(C)C(C)(C)OOC=CC(=O)OC(C)OC(C)OC(=O)O. The fourth-order valence-corrected chi connectivity index (χ4v) is 1.44. The molecule has 0 saturated carbocycles. The third-order valence-corrected chi connectivity index (χ3v) is 3.96. The molecule has 1 N–H and O–H groups in total. The molecule has 0 saturated heterocycles. The van der Waals surface area contributed by atoms with E-state index in [-0.39, 0.29) is 5.41 Å². The maximum Gasteiger partial charge on any atom is 0.508 e. The molecule has 0 rings (SSSR count). The molecule has 2 atom stereocenters. The minimum absolute atomic E-state index is 0.121. The van der Waals surface area contributed by atoms with Crippen LogP contribution in [-0.2, 0) is 28.8 Å². The maximum absolute atomic E-state index is 11.6. The first-order chi connectivity index (χ1) is 10.9. The molecule has 0 radical (unpaired) electrons. The largest absolute Gasteiger partial charge is 0.508 e. The van der Waals surface area contributed by atoms with Crippen molar-refractivity contribution in [3.05, 3.63) is 12.3 Å². The van der Waals surface area contributed by atoms with E-state index in [1.165, 1.54) is 13.8 Å². The van der Waals surface area contributed by atoms with Crippen molar-refractivity contribution < 1.29 is 38.7 Å². The van der Waals surface area contributed by atoms with E-state index >= 15 is 0 Å². The standard InChI is InChI=1S/C16H28O8/c1-8-15(4,5)16(6,7)24-20-10-9-13(17)22-11(2)21-12(3)23-14(18)19/h9-12H,8H2,1-7H3,(H,18,19). The number of ether oxygens (including phenoxy) is 3. The number of carboxylic acid groups (broad SMARTS) is 1. The second-order valence-electron chi connectivity index (χ2n) is 6.32. The summed E-state index contributed by atoms with van der Waals surface area (Å²) in [6, 6.07) is 0. The molecule has 0 heterocycles. The Morgan fingerprint density at radius 2 is 1.62 bits per heavy atom. The lowest BCUT2D eigenvalue weighted by Gasteiger charge is -2.38. The van der Waals surface area contributed by atoms with Crippen molar-refractivity contribution in [2.24, 2.45) is 5.41 Å². The molecule has 2 unspecified atom stereocenters. The Morgan fingerprint density at radius 3 is 2.12 bits per heavy atom. The van der Waals surface area contributed by atoms with Gasteiger partial charge in [-0.2, -0.15) is 4.89 Å². The van der Waals surface area contributed by atoms with Crippen LogP contribution >= 0.6 is 0 Å². The summed E-state index contributed by atoms with van der Waals surface area (Å²) in [5.41, 5.74) is -0.681. The molecule has 0 spiro atoms. The second kappa shape index (κ2) is 9.48. The van der Waals surface area contributed by atoms with Gasteiger partial charge in [0.15, 0.2) is 0 Å². The first-order valence-electron chi connectivity index (χ1n) is 7.68. The van der Waals surface area contributed by atoms with Crippen molar-refractivity contribution in [1.29, 1.82) is 0 Å². The van der Waals surface area contributed by atoms with Gasteiger partial charge in [0, 0.05) is 0 Å².